The van der Waals surface area contributed by atoms with Crippen molar-refractivity contribution in [3.05, 3.63) is 40.2 Å². The molecule has 1 aromatic heterocycles. The Morgan fingerprint density at radius 2 is 2.16 bits per heavy atom. The Balaban J connectivity index is 1.76. The van der Waals surface area contributed by atoms with Gasteiger partial charge in [0.05, 0.1) is 11.6 Å². The summed E-state index contributed by atoms with van der Waals surface area (Å²) in [4.78, 5) is 42.1. The van der Waals surface area contributed by atoms with Gasteiger partial charge in [-0.25, -0.2) is 4.79 Å². The van der Waals surface area contributed by atoms with Crippen LogP contribution in [0.2, 0.25) is 0 Å². The molecule has 1 aliphatic heterocycles. The summed E-state index contributed by atoms with van der Waals surface area (Å²) in [6, 6.07) is 5.89. The highest BCUT2D eigenvalue weighted by Gasteiger charge is 2.29. The van der Waals surface area contributed by atoms with E-state index in [-0.39, 0.29) is 29.1 Å². The number of fused-ring (bicyclic) bond motifs is 1. The number of nitrogens with one attached hydrogen (secondary N) is 3. The molecule has 3 rings (SSSR count). The number of anilines is 4. The number of aromatic amines is 1. The normalized spacial score (nSPS) is 15.8. The van der Waals surface area contributed by atoms with Crippen molar-refractivity contribution in [2.24, 2.45) is 0 Å². The van der Waals surface area contributed by atoms with Crippen LogP contribution in [-0.4, -0.2) is 46.6 Å². The zero-order valence-electron chi connectivity index (χ0n) is 13.0. The van der Waals surface area contributed by atoms with Crippen molar-refractivity contribution in [3.8, 4) is 0 Å². The van der Waals surface area contributed by atoms with Crippen LogP contribution in [0, 0.1) is 0 Å². The van der Waals surface area contributed by atoms with Crippen molar-refractivity contribution < 1.29 is 14.7 Å². The molecule has 0 spiro atoms. The largest absolute Gasteiger partial charge is 0.478 e. The van der Waals surface area contributed by atoms with E-state index in [2.05, 4.69) is 20.6 Å². The van der Waals surface area contributed by atoms with Crippen LogP contribution in [0.5, 0.6) is 0 Å². The fraction of sp³-hybridized carbons (Fsp3) is 0.200. The minimum atomic E-state index is -1.00. The highest BCUT2D eigenvalue weighted by Crippen LogP contribution is 2.25. The van der Waals surface area contributed by atoms with E-state index in [4.69, 9.17) is 10.8 Å². The molecule has 0 saturated carbocycles. The fourth-order valence-electron chi connectivity index (χ4n) is 2.62. The number of hydrogen-bond acceptors (Lipinski definition) is 7. The van der Waals surface area contributed by atoms with Crippen LogP contribution in [0.3, 0.4) is 0 Å². The lowest BCUT2D eigenvalue weighted by Gasteiger charge is -2.34. The van der Waals surface area contributed by atoms with Gasteiger partial charge in [-0.3, -0.25) is 14.6 Å². The molecular formula is C15H16N6O4. The van der Waals surface area contributed by atoms with E-state index in [1.165, 1.54) is 17.0 Å². The van der Waals surface area contributed by atoms with Crippen LogP contribution in [0.15, 0.2) is 29.1 Å². The van der Waals surface area contributed by atoms with Gasteiger partial charge in [-0.1, -0.05) is 0 Å². The number of aromatic carboxylic acids is 1. The summed E-state index contributed by atoms with van der Waals surface area (Å²) < 4.78 is 0. The molecular weight excluding hydrogens is 328 g/mol. The Hall–Kier alpha value is -3.56. The number of nitrogen functional groups attached to an aromatic ring is 1. The molecule has 2 heterocycles. The van der Waals surface area contributed by atoms with Crippen molar-refractivity contribution >= 4 is 35.5 Å². The molecule has 10 nitrogen and oxygen atoms in total. The summed E-state index contributed by atoms with van der Waals surface area (Å²) in [6.45, 7) is 0.725. The first-order chi connectivity index (χ1) is 12.0. The summed E-state index contributed by atoms with van der Waals surface area (Å²) >= 11 is 0. The third-order valence-electron chi connectivity index (χ3n) is 3.86. The topological polar surface area (TPSA) is 153 Å². The molecule has 0 aliphatic carbocycles. The van der Waals surface area contributed by atoms with Crippen LogP contribution in [0.1, 0.15) is 10.4 Å². The number of amides is 1. The molecule has 10 heteroatoms. The number of rotatable bonds is 5. The third-order valence-corrected chi connectivity index (χ3v) is 3.86. The second-order valence-electron chi connectivity index (χ2n) is 5.46. The monoisotopic (exact) mass is 344 g/mol. The van der Waals surface area contributed by atoms with Gasteiger partial charge in [-0.2, -0.15) is 4.98 Å². The highest BCUT2D eigenvalue weighted by molar-refractivity contribution is 5.88. The van der Waals surface area contributed by atoms with Gasteiger partial charge >= 0.3 is 5.97 Å². The van der Waals surface area contributed by atoms with E-state index in [0.29, 0.717) is 25.2 Å². The minimum Gasteiger partial charge on any atom is -0.478 e. The Labute approximate surface area is 141 Å². The molecule has 0 radical (unpaired) electrons. The number of nitrogens with two attached hydrogens (primary N) is 1. The van der Waals surface area contributed by atoms with Crippen molar-refractivity contribution in [3.63, 3.8) is 0 Å². The van der Waals surface area contributed by atoms with E-state index in [1.807, 2.05) is 0 Å². The molecule has 1 aliphatic rings. The SMILES string of the molecule is Nc1nc2c(c(=O)[nH]1)N(C=O)[C@H](CNc1ccc(C(=O)O)cc1)CN2. The number of nitrogens with zero attached hydrogens (tertiary/aromatic N) is 2. The van der Waals surface area contributed by atoms with E-state index in [0.717, 1.165) is 0 Å². The number of carboxylic acid groups (broad SMARTS) is 1. The zero-order valence-corrected chi connectivity index (χ0v) is 13.0. The molecule has 1 amide bonds. The first-order valence-electron chi connectivity index (χ1n) is 7.44. The lowest BCUT2D eigenvalue weighted by Crippen LogP contribution is -2.50. The number of carboxylic acids is 1. The number of aromatic nitrogens is 2. The molecule has 0 unspecified atom stereocenters. The van der Waals surface area contributed by atoms with Gasteiger partial charge in [0, 0.05) is 18.8 Å². The number of carbonyl (C=O) groups is 2. The van der Waals surface area contributed by atoms with Crippen LogP contribution >= 0.6 is 0 Å². The molecule has 130 valence electrons. The standard InChI is InChI=1S/C15H16N6O4/c16-15-19-12-11(13(23)20-15)21(7-22)10(6-18-12)5-17-9-3-1-8(2-4-9)14(24)25/h1-4,7,10,17H,5-6H2,(H,24,25)(H4,16,18,19,20,23)/t10-/m1/s1. The molecule has 6 N–H and O–H groups in total. The first kappa shape index (κ1) is 16.3. The van der Waals surface area contributed by atoms with Gasteiger partial charge in [0.25, 0.3) is 5.56 Å². The minimum absolute atomic E-state index is 0.0304. The van der Waals surface area contributed by atoms with Crippen molar-refractivity contribution in [1.82, 2.24) is 9.97 Å². The summed E-state index contributed by atoms with van der Waals surface area (Å²) in [5.74, 6) is -0.773. The van der Waals surface area contributed by atoms with E-state index in [1.54, 1.807) is 12.1 Å². The van der Waals surface area contributed by atoms with Crippen LogP contribution in [0.25, 0.3) is 0 Å². The number of hydrogen-bond donors (Lipinski definition) is 5. The van der Waals surface area contributed by atoms with Crippen molar-refractivity contribution in [2.45, 2.75) is 6.04 Å². The molecule has 25 heavy (non-hydrogen) atoms. The fourth-order valence-corrected chi connectivity index (χ4v) is 2.62. The van der Waals surface area contributed by atoms with Gasteiger partial charge in [-0.05, 0) is 24.3 Å². The van der Waals surface area contributed by atoms with Crippen LogP contribution in [-0.2, 0) is 4.79 Å². The van der Waals surface area contributed by atoms with Gasteiger partial charge in [0.2, 0.25) is 12.4 Å². The summed E-state index contributed by atoms with van der Waals surface area (Å²) in [7, 11) is 0. The van der Waals surface area contributed by atoms with Gasteiger partial charge in [0.1, 0.15) is 0 Å². The smallest absolute Gasteiger partial charge is 0.335 e. The number of H-pyrrole nitrogens is 1. The quantitative estimate of drug-likeness (QED) is 0.472. The average molecular weight is 344 g/mol. The summed E-state index contributed by atoms with van der Waals surface area (Å²) in [6.07, 6.45) is 0.576. The highest BCUT2D eigenvalue weighted by atomic mass is 16.4. The second kappa shape index (κ2) is 6.51. The Morgan fingerprint density at radius 3 is 2.80 bits per heavy atom. The maximum absolute atomic E-state index is 12.1. The number of carbonyl (C=O) groups excluding carboxylic acids is 1. The maximum Gasteiger partial charge on any atom is 0.335 e. The zero-order chi connectivity index (χ0) is 18.0. The molecule has 0 saturated heterocycles. The third kappa shape index (κ3) is 3.22. The molecule has 1 atom stereocenters. The first-order valence-corrected chi connectivity index (χ1v) is 7.44. The maximum atomic E-state index is 12.1. The Kier molecular flexibility index (Phi) is 4.25. The molecule has 0 fully saturated rings. The molecule has 1 aromatic carbocycles. The van der Waals surface area contributed by atoms with Crippen LogP contribution in [0.4, 0.5) is 23.1 Å². The second-order valence-corrected chi connectivity index (χ2v) is 5.46. The van der Waals surface area contributed by atoms with Crippen LogP contribution < -0.4 is 26.8 Å². The van der Waals surface area contributed by atoms with E-state index in [9.17, 15) is 14.4 Å². The summed E-state index contributed by atoms with van der Waals surface area (Å²) in [5.41, 5.74) is 6.00. The van der Waals surface area contributed by atoms with E-state index >= 15 is 0 Å². The van der Waals surface area contributed by atoms with Gasteiger partial charge < -0.3 is 26.4 Å². The number of benzene rings is 1. The van der Waals surface area contributed by atoms with Gasteiger partial charge in [0.15, 0.2) is 11.5 Å². The van der Waals surface area contributed by atoms with Gasteiger partial charge in [-0.15, -0.1) is 0 Å². The summed E-state index contributed by atoms with van der Waals surface area (Å²) in [5, 5.41) is 15.0. The Morgan fingerprint density at radius 1 is 1.44 bits per heavy atom. The average Bonchev–Trinajstić information content (AvgIpc) is 2.59. The van der Waals surface area contributed by atoms with Crippen molar-refractivity contribution in [1.29, 1.82) is 0 Å². The predicted octanol–water partition coefficient (Wildman–Crippen LogP) is -0.0807. The molecule has 2 aromatic rings. The predicted molar refractivity (Wildman–Crippen MR) is 92.0 cm³/mol. The Bertz CT molecular complexity index is 863. The van der Waals surface area contributed by atoms with E-state index < -0.39 is 11.5 Å². The lowest BCUT2D eigenvalue weighted by atomic mass is 10.1. The molecule has 0 bridgehead atoms. The lowest BCUT2D eigenvalue weighted by molar-refractivity contribution is -0.107. The van der Waals surface area contributed by atoms with Crippen molar-refractivity contribution in [2.75, 3.05) is 34.4 Å².